The fourth-order valence-electron chi connectivity index (χ4n) is 4.08. The molecule has 5 N–H and O–H groups in total. The summed E-state index contributed by atoms with van der Waals surface area (Å²) in [6.07, 6.45) is 8.66. The van der Waals surface area contributed by atoms with E-state index in [2.05, 4.69) is 39.5 Å². The summed E-state index contributed by atoms with van der Waals surface area (Å²) in [4.78, 5) is 4.41. The molecule has 1 aliphatic carbocycles. The highest BCUT2D eigenvalue weighted by Crippen LogP contribution is 2.37. The average molecular weight is 364 g/mol. The first kappa shape index (κ1) is 17.3. The van der Waals surface area contributed by atoms with Gasteiger partial charge in [0.15, 0.2) is 5.65 Å². The van der Waals surface area contributed by atoms with Crippen LogP contribution in [0, 0.1) is 5.92 Å². The Kier molecular flexibility index (Phi) is 4.66. The molecule has 7 nitrogen and oxygen atoms in total. The molecule has 2 heterocycles. The van der Waals surface area contributed by atoms with E-state index >= 15 is 0 Å². The Balaban J connectivity index is 1.47. The normalized spacial score (nSPS) is 20.8. The Morgan fingerprint density at radius 2 is 1.89 bits per heavy atom. The topological polar surface area (TPSA) is 115 Å². The van der Waals surface area contributed by atoms with Gasteiger partial charge in [0.05, 0.1) is 6.20 Å². The molecule has 27 heavy (non-hydrogen) atoms. The largest absolute Gasteiger partial charge is 0.409 e. The zero-order valence-corrected chi connectivity index (χ0v) is 15.1. The highest BCUT2D eigenvalue weighted by Gasteiger charge is 2.23. The fraction of sp³-hybridized carbons (Fsp3) is 0.350. The second kappa shape index (κ2) is 7.26. The van der Waals surface area contributed by atoms with Gasteiger partial charge in [0, 0.05) is 24.2 Å². The van der Waals surface area contributed by atoms with E-state index in [-0.39, 0.29) is 0 Å². The predicted molar refractivity (Wildman–Crippen MR) is 106 cm³/mol. The number of hydrogen-bond donors (Lipinski definition) is 3. The SMILES string of the molecule is N/C(C[C@H]1CC[C@H](c2ccc(-c3cnc4ccnn4c3N)cc2)CC1)=N\O. The van der Waals surface area contributed by atoms with Gasteiger partial charge in [-0.2, -0.15) is 9.61 Å². The van der Waals surface area contributed by atoms with Gasteiger partial charge < -0.3 is 16.7 Å². The highest BCUT2D eigenvalue weighted by atomic mass is 16.4. The Morgan fingerprint density at radius 1 is 1.15 bits per heavy atom. The molecule has 0 aliphatic heterocycles. The second-order valence-corrected chi connectivity index (χ2v) is 7.29. The van der Waals surface area contributed by atoms with Crippen molar-refractivity contribution in [3.63, 3.8) is 0 Å². The van der Waals surface area contributed by atoms with E-state index in [0.29, 0.717) is 29.9 Å². The Hall–Kier alpha value is -3.09. The molecule has 1 saturated carbocycles. The molecule has 1 aromatic carbocycles. The van der Waals surface area contributed by atoms with Crippen molar-refractivity contribution in [2.24, 2.45) is 16.8 Å². The van der Waals surface area contributed by atoms with E-state index in [4.69, 9.17) is 16.7 Å². The van der Waals surface area contributed by atoms with Crippen molar-refractivity contribution >= 4 is 17.3 Å². The summed E-state index contributed by atoms with van der Waals surface area (Å²) in [6, 6.07) is 10.4. The van der Waals surface area contributed by atoms with Gasteiger partial charge in [-0.15, -0.1) is 0 Å². The minimum absolute atomic E-state index is 0.336. The Bertz CT molecular complexity index is 954. The third-order valence-corrected chi connectivity index (χ3v) is 5.62. The molecule has 0 spiro atoms. The molecule has 0 amide bonds. The van der Waals surface area contributed by atoms with Gasteiger partial charge in [0.25, 0.3) is 0 Å². The third kappa shape index (κ3) is 3.45. The Labute approximate surface area is 157 Å². The number of aromatic nitrogens is 3. The molecular weight excluding hydrogens is 340 g/mol. The predicted octanol–water partition coefficient (Wildman–Crippen LogP) is 3.39. The minimum atomic E-state index is 0.336. The van der Waals surface area contributed by atoms with Crippen LogP contribution in [-0.2, 0) is 0 Å². The second-order valence-electron chi connectivity index (χ2n) is 7.29. The lowest BCUT2D eigenvalue weighted by atomic mass is 9.77. The smallest absolute Gasteiger partial charge is 0.157 e. The average Bonchev–Trinajstić information content (AvgIpc) is 3.19. The summed E-state index contributed by atoms with van der Waals surface area (Å²) in [6.45, 7) is 0. The summed E-state index contributed by atoms with van der Waals surface area (Å²) in [5, 5.41) is 16.0. The number of oxime groups is 1. The lowest BCUT2D eigenvalue weighted by Crippen LogP contribution is -2.21. The van der Waals surface area contributed by atoms with Gasteiger partial charge in [0.1, 0.15) is 11.7 Å². The molecule has 4 rings (SSSR count). The first-order chi connectivity index (χ1) is 13.2. The molecule has 0 radical (unpaired) electrons. The fourth-order valence-corrected chi connectivity index (χ4v) is 4.08. The third-order valence-electron chi connectivity index (χ3n) is 5.62. The summed E-state index contributed by atoms with van der Waals surface area (Å²) in [5.41, 5.74) is 15.9. The maximum atomic E-state index is 8.73. The highest BCUT2D eigenvalue weighted by molar-refractivity contribution is 5.79. The van der Waals surface area contributed by atoms with Gasteiger partial charge in [-0.25, -0.2) is 4.98 Å². The maximum absolute atomic E-state index is 8.73. The van der Waals surface area contributed by atoms with Crippen molar-refractivity contribution in [1.82, 2.24) is 14.6 Å². The van der Waals surface area contributed by atoms with Crippen molar-refractivity contribution in [2.75, 3.05) is 5.73 Å². The standard InChI is InChI=1S/C20H24N6O/c21-18(25-27)11-13-1-3-14(4-2-13)15-5-7-16(8-6-15)17-12-23-19-9-10-24-26(19)20(17)22/h5-10,12-14,27H,1-4,11,22H2,(H2,21,25)/t13-,14-. The van der Waals surface area contributed by atoms with E-state index in [1.165, 1.54) is 5.56 Å². The minimum Gasteiger partial charge on any atom is -0.409 e. The van der Waals surface area contributed by atoms with E-state index in [9.17, 15) is 0 Å². The van der Waals surface area contributed by atoms with Crippen LogP contribution in [-0.4, -0.2) is 25.6 Å². The molecule has 0 atom stereocenters. The van der Waals surface area contributed by atoms with E-state index in [0.717, 1.165) is 42.5 Å². The molecule has 3 aromatic rings. The van der Waals surface area contributed by atoms with Gasteiger partial charge in [-0.3, -0.25) is 0 Å². The lowest BCUT2D eigenvalue weighted by molar-refractivity contribution is 0.305. The van der Waals surface area contributed by atoms with Crippen LogP contribution in [0.5, 0.6) is 0 Å². The molecule has 0 saturated heterocycles. The quantitative estimate of drug-likeness (QED) is 0.284. The van der Waals surface area contributed by atoms with Crippen molar-refractivity contribution < 1.29 is 5.21 Å². The summed E-state index contributed by atoms with van der Waals surface area (Å²) in [7, 11) is 0. The van der Waals surface area contributed by atoms with Crippen molar-refractivity contribution in [1.29, 1.82) is 0 Å². The molecular formula is C20H24N6O. The first-order valence-corrected chi connectivity index (χ1v) is 9.30. The van der Waals surface area contributed by atoms with Crippen LogP contribution >= 0.6 is 0 Å². The monoisotopic (exact) mass is 364 g/mol. The number of fused-ring (bicyclic) bond motifs is 1. The zero-order chi connectivity index (χ0) is 18.8. The van der Waals surface area contributed by atoms with E-state index in [1.54, 1.807) is 16.9 Å². The van der Waals surface area contributed by atoms with E-state index in [1.807, 2.05) is 6.07 Å². The van der Waals surface area contributed by atoms with Crippen LogP contribution in [0.15, 0.2) is 47.9 Å². The van der Waals surface area contributed by atoms with Crippen LogP contribution in [0.25, 0.3) is 16.8 Å². The number of rotatable bonds is 4. The first-order valence-electron chi connectivity index (χ1n) is 9.30. The van der Waals surface area contributed by atoms with Crippen LogP contribution in [0.1, 0.15) is 43.6 Å². The number of nitrogens with two attached hydrogens (primary N) is 2. The summed E-state index contributed by atoms with van der Waals surface area (Å²) >= 11 is 0. The van der Waals surface area contributed by atoms with Gasteiger partial charge in [-0.1, -0.05) is 29.4 Å². The van der Waals surface area contributed by atoms with Crippen LogP contribution in [0.2, 0.25) is 0 Å². The number of anilines is 1. The van der Waals surface area contributed by atoms with Crippen LogP contribution in [0.3, 0.4) is 0 Å². The van der Waals surface area contributed by atoms with Crippen LogP contribution < -0.4 is 11.5 Å². The number of benzene rings is 1. The van der Waals surface area contributed by atoms with Gasteiger partial charge >= 0.3 is 0 Å². The van der Waals surface area contributed by atoms with Crippen molar-refractivity contribution in [2.45, 2.75) is 38.0 Å². The summed E-state index contributed by atoms with van der Waals surface area (Å²) in [5.74, 6) is 2.01. The van der Waals surface area contributed by atoms with Crippen molar-refractivity contribution in [3.8, 4) is 11.1 Å². The zero-order valence-electron chi connectivity index (χ0n) is 15.1. The molecule has 2 aromatic heterocycles. The number of nitrogens with zero attached hydrogens (tertiary/aromatic N) is 4. The van der Waals surface area contributed by atoms with E-state index < -0.39 is 0 Å². The van der Waals surface area contributed by atoms with Gasteiger partial charge in [-0.05, 0) is 48.6 Å². The molecule has 0 bridgehead atoms. The molecule has 140 valence electrons. The molecule has 1 aliphatic rings. The summed E-state index contributed by atoms with van der Waals surface area (Å²) < 4.78 is 1.66. The number of hydrogen-bond acceptors (Lipinski definition) is 5. The van der Waals surface area contributed by atoms with Gasteiger partial charge in [0.2, 0.25) is 0 Å². The number of nitrogen functional groups attached to an aromatic ring is 1. The molecule has 0 unspecified atom stereocenters. The van der Waals surface area contributed by atoms with Crippen LogP contribution in [0.4, 0.5) is 5.82 Å². The lowest BCUT2D eigenvalue weighted by Gasteiger charge is -2.28. The van der Waals surface area contributed by atoms with Crippen molar-refractivity contribution in [3.05, 3.63) is 48.3 Å². The number of amidine groups is 1. The molecule has 7 heteroatoms. The maximum Gasteiger partial charge on any atom is 0.157 e. The molecule has 1 fully saturated rings. The Morgan fingerprint density at radius 3 is 2.59 bits per heavy atom.